The molecule has 0 saturated heterocycles. The van der Waals surface area contributed by atoms with E-state index in [9.17, 15) is 9.18 Å². The van der Waals surface area contributed by atoms with Crippen LogP contribution in [0.4, 0.5) is 10.3 Å². The number of carbonyl (C=O) groups is 1. The zero-order valence-corrected chi connectivity index (χ0v) is 17.2. The van der Waals surface area contributed by atoms with Gasteiger partial charge in [0.15, 0.2) is 0 Å². The Labute approximate surface area is 178 Å². The lowest BCUT2D eigenvalue weighted by Crippen LogP contribution is -2.30. The van der Waals surface area contributed by atoms with E-state index in [-0.39, 0.29) is 18.3 Å². The predicted octanol–water partition coefficient (Wildman–Crippen LogP) is 2.56. The maximum Gasteiger partial charge on any atom is 0.231 e. The van der Waals surface area contributed by atoms with E-state index < -0.39 is 0 Å². The highest BCUT2D eigenvalue weighted by atomic mass is 19.1. The van der Waals surface area contributed by atoms with Crippen molar-refractivity contribution >= 4 is 17.5 Å². The van der Waals surface area contributed by atoms with Gasteiger partial charge in [-0.1, -0.05) is 0 Å². The molecular weight excluding hydrogens is 397 g/mol. The van der Waals surface area contributed by atoms with Crippen LogP contribution in [-0.4, -0.2) is 50.8 Å². The molecule has 0 atom stereocenters. The van der Waals surface area contributed by atoms with Gasteiger partial charge in [-0.25, -0.2) is 19.3 Å². The number of hydrogen-bond donors (Lipinski definition) is 2. The van der Waals surface area contributed by atoms with Crippen LogP contribution < -0.4 is 11.1 Å². The highest BCUT2D eigenvalue weighted by molar-refractivity contribution is 5.81. The highest BCUT2D eigenvalue weighted by Gasteiger charge is 2.18. The molecule has 0 fully saturated rings. The number of halogens is 1. The monoisotopic (exact) mass is 419 g/mol. The summed E-state index contributed by atoms with van der Waals surface area (Å²) in [6, 6.07) is 11.9. The minimum Gasteiger partial charge on any atom is -0.369 e. The molecular formula is C22H22FN7O. The molecule has 0 saturated carbocycles. The second-order valence-corrected chi connectivity index (χ2v) is 7.23. The van der Waals surface area contributed by atoms with Crippen molar-refractivity contribution in [3.63, 3.8) is 0 Å². The Morgan fingerprint density at radius 1 is 1.19 bits per heavy atom. The topological polar surface area (TPSA) is 101 Å². The Hall–Kier alpha value is -3.85. The van der Waals surface area contributed by atoms with E-state index in [1.807, 2.05) is 40.7 Å². The fourth-order valence-corrected chi connectivity index (χ4v) is 3.48. The normalized spacial score (nSPS) is 11.2. The Balaban J connectivity index is 1.85. The van der Waals surface area contributed by atoms with Crippen LogP contribution in [0.25, 0.3) is 28.3 Å². The van der Waals surface area contributed by atoms with E-state index in [4.69, 9.17) is 10.7 Å². The molecule has 0 aliphatic carbocycles. The van der Waals surface area contributed by atoms with Crippen LogP contribution in [-0.2, 0) is 11.3 Å². The largest absolute Gasteiger partial charge is 0.369 e. The number of nitrogens with one attached hydrogen (secondary N) is 1. The average Bonchev–Trinajstić information content (AvgIpc) is 3.12. The van der Waals surface area contributed by atoms with Gasteiger partial charge in [0.25, 0.3) is 0 Å². The van der Waals surface area contributed by atoms with Crippen LogP contribution >= 0.6 is 0 Å². The van der Waals surface area contributed by atoms with E-state index in [0.29, 0.717) is 29.5 Å². The second-order valence-electron chi connectivity index (χ2n) is 7.23. The van der Waals surface area contributed by atoms with Crippen LogP contribution in [0.2, 0.25) is 0 Å². The van der Waals surface area contributed by atoms with E-state index in [1.54, 1.807) is 25.4 Å². The number of benzene rings is 1. The number of nitrogens with zero attached hydrogens (tertiary/aromatic N) is 5. The Morgan fingerprint density at radius 2 is 1.97 bits per heavy atom. The number of primary amides is 1. The number of imidazole rings is 1. The van der Waals surface area contributed by atoms with Gasteiger partial charge in [0.2, 0.25) is 11.9 Å². The van der Waals surface area contributed by atoms with Gasteiger partial charge in [-0.15, -0.1) is 0 Å². The number of likely N-dealkylation sites (N-methyl/N-ethyl adjacent to an activating group) is 1. The Morgan fingerprint density at radius 3 is 2.68 bits per heavy atom. The minimum absolute atomic E-state index is 0.166. The summed E-state index contributed by atoms with van der Waals surface area (Å²) in [5.41, 5.74) is 9.90. The first-order chi connectivity index (χ1) is 14.9. The van der Waals surface area contributed by atoms with Crippen molar-refractivity contribution in [2.45, 2.75) is 6.54 Å². The van der Waals surface area contributed by atoms with Gasteiger partial charge in [-0.2, -0.15) is 0 Å². The fourth-order valence-electron chi connectivity index (χ4n) is 3.48. The molecule has 0 spiro atoms. The number of carbonyl (C=O) groups excluding carboxylic acids is 1. The summed E-state index contributed by atoms with van der Waals surface area (Å²) < 4.78 is 15.4. The maximum atomic E-state index is 13.5. The summed E-state index contributed by atoms with van der Waals surface area (Å²) in [6.45, 7) is 0.713. The number of hydrogen-bond acceptors (Lipinski definition) is 6. The van der Waals surface area contributed by atoms with Gasteiger partial charge < -0.3 is 11.1 Å². The summed E-state index contributed by atoms with van der Waals surface area (Å²) in [6.07, 6.45) is 3.59. The molecule has 3 heterocycles. The predicted molar refractivity (Wildman–Crippen MR) is 117 cm³/mol. The molecule has 4 aromatic rings. The third-order valence-corrected chi connectivity index (χ3v) is 4.81. The first-order valence-electron chi connectivity index (χ1n) is 9.69. The summed E-state index contributed by atoms with van der Waals surface area (Å²) >= 11 is 0. The molecule has 31 heavy (non-hydrogen) atoms. The lowest BCUT2D eigenvalue weighted by Gasteiger charge is -2.14. The summed E-state index contributed by atoms with van der Waals surface area (Å²) in [4.78, 5) is 26.6. The van der Waals surface area contributed by atoms with Crippen LogP contribution in [0.3, 0.4) is 0 Å². The van der Waals surface area contributed by atoms with E-state index in [1.165, 1.54) is 12.1 Å². The molecule has 0 bridgehead atoms. The number of pyridine rings is 1. The third-order valence-electron chi connectivity index (χ3n) is 4.81. The molecule has 3 aromatic heterocycles. The third kappa shape index (κ3) is 4.36. The van der Waals surface area contributed by atoms with Crippen LogP contribution in [0.5, 0.6) is 0 Å². The molecule has 9 heteroatoms. The first-order valence-corrected chi connectivity index (χ1v) is 9.69. The van der Waals surface area contributed by atoms with Gasteiger partial charge in [0.1, 0.15) is 11.5 Å². The fraction of sp³-hybridized carbons (Fsp3) is 0.182. The molecule has 158 valence electrons. The molecule has 8 nitrogen and oxygen atoms in total. The quantitative estimate of drug-likeness (QED) is 0.477. The summed E-state index contributed by atoms with van der Waals surface area (Å²) in [5, 5.41) is 2.95. The standard InChI is InChI=1S/C22H22FN7O/c1-25-22-26-9-7-17(27-22)21-20(15-3-5-16(23)6-4-15)28-19-11-14(8-10-30(19)21)12-29(2)13-18(24)31/h3-11H,12-13H2,1-2H3,(H2,24,31)(H,25,26,27). The molecule has 0 aliphatic heterocycles. The van der Waals surface area contributed by atoms with Gasteiger partial charge in [0.05, 0.1) is 23.6 Å². The maximum absolute atomic E-state index is 13.5. The minimum atomic E-state index is -0.380. The molecule has 3 N–H and O–H groups in total. The zero-order valence-electron chi connectivity index (χ0n) is 17.2. The van der Waals surface area contributed by atoms with Crippen molar-refractivity contribution in [1.82, 2.24) is 24.3 Å². The molecule has 0 unspecified atom stereocenters. The average molecular weight is 419 g/mol. The highest BCUT2D eigenvalue weighted by Crippen LogP contribution is 2.32. The van der Waals surface area contributed by atoms with E-state index >= 15 is 0 Å². The Kier molecular flexibility index (Phi) is 5.59. The smallest absolute Gasteiger partial charge is 0.231 e. The van der Waals surface area contributed by atoms with Crippen molar-refractivity contribution in [3.05, 3.63) is 66.2 Å². The number of anilines is 1. The molecule has 1 aromatic carbocycles. The van der Waals surface area contributed by atoms with Crippen LogP contribution in [0.15, 0.2) is 54.9 Å². The Bertz CT molecular complexity index is 1240. The number of nitrogens with two attached hydrogens (primary N) is 1. The number of aromatic nitrogens is 4. The SMILES string of the molecule is CNc1nccc(-c2c(-c3ccc(F)cc3)nc3cc(CN(C)CC(N)=O)ccn23)n1. The van der Waals surface area contributed by atoms with Gasteiger partial charge in [0, 0.05) is 31.5 Å². The number of amides is 1. The molecule has 4 rings (SSSR count). The van der Waals surface area contributed by atoms with Crippen molar-refractivity contribution in [2.75, 3.05) is 26.0 Å². The van der Waals surface area contributed by atoms with Crippen molar-refractivity contribution in [3.8, 4) is 22.6 Å². The number of fused-ring (bicyclic) bond motifs is 1. The zero-order chi connectivity index (χ0) is 22.0. The van der Waals surface area contributed by atoms with Gasteiger partial charge in [-0.05, 0) is 55.1 Å². The summed E-state index contributed by atoms with van der Waals surface area (Å²) in [7, 11) is 3.58. The van der Waals surface area contributed by atoms with Gasteiger partial charge in [-0.3, -0.25) is 14.1 Å². The van der Waals surface area contributed by atoms with Crippen LogP contribution in [0, 0.1) is 5.82 Å². The first kappa shape index (κ1) is 20.4. The van der Waals surface area contributed by atoms with Crippen LogP contribution in [0.1, 0.15) is 5.56 Å². The second kappa shape index (κ2) is 8.49. The molecule has 1 amide bonds. The number of rotatable bonds is 7. The van der Waals surface area contributed by atoms with E-state index in [0.717, 1.165) is 16.8 Å². The lowest BCUT2D eigenvalue weighted by molar-refractivity contribution is -0.118. The van der Waals surface area contributed by atoms with Gasteiger partial charge >= 0.3 is 0 Å². The van der Waals surface area contributed by atoms with Crippen molar-refractivity contribution in [1.29, 1.82) is 0 Å². The lowest BCUT2D eigenvalue weighted by atomic mass is 10.1. The molecule has 0 aliphatic rings. The summed E-state index contributed by atoms with van der Waals surface area (Å²) in [5.74, 6) is -0.204. The van der Waals surface area contributed by atoms with Crippen molar-refractivity contribution < 1.29 is 9.18 Å². The molecule has 0 radical (unpaired) electrons. The van der Waals surface area contributed by atoms with Crippen molar-refractivity contribution in [2.24, 2.45) is 5.73 Å². The van der Waals surface area contributed by atoms with E-state index in [2.05, 4.69) is 15.3 Å².